The van der Waals surface area contributed by atoms with Gasteiger partial charge in [-0.05, 0) is 37.2 Å². The molecule has 2 saturated carbocycles. The molecule has 144 valence electrons. The number of fused-ring (bicyclic) bond motifs is 2. The van der Waals surface area contributed by atoms with Crippen LogP contribution in [0.3, 0.4) is 0 Å². The third kappa shape index (κ3) is 1.93. The van der Waals surface area contributed by atoms with E-state index in [4.69, 9.17) is 4.74 Å². The lowest BCUT2D eigenvalue weighted by molar-refractivity contribution is -0.287. The zero-order valence-electron chi connectivity index (χ0n) is 15.7. The average Bonchev–Trinajstić information content (AvgIpc) is 2.56. The van der Waals surface area contributed by atoms with Crippen LogP contribution in [-0.2, 0) is 14.3 Å². The van der Waals surface area contributed by atoms with Crippen LogP contribution in [0.4, 0.5) is 0 Å². The smallest absolute Gasteiger partial charge is 0.306 e. The number of carbonyl (C=O) groups excluding carboxylic acids is 2. The zero-order chi connectivity index (χ0) is 19.2. The molecule has 0 radical (unpaired) electrons. The van der Waals surface area contributed by atoms with Crippen molar-refractivity contribution in [3.05, 3.63) is 11.6 Å². The molecule has 1 heterocycles. The summed E-state index contributed by atoms with van der Waals surface area (Å²) in [7, 11) is 0. The standard InChI is InChI=1S/C20H28O6/c1-8-5-12(21)18(25)20(4)10(8)6-13-19(3)11(7-14(22)26-13)9(2)15(23)16(24)17(19)20/h5,9-11,13,15-18,23-25H,6-7H2,1-4H3. The Morgan fingerprint density at radius 3 is 2.42 bits per heavy atom. The highest BCUT2D eigenvalue weighted by atomic mass is 16.5. The molecule has 3 N–H and O–H groups in total. The van der Waals surface area contributed by atoms with Crippen molar-refractivity contribution in [2.75, 3.05) is 0 Å². The first-order valence-corrected chi connectivity index (χ1v) is 9.50. The predicted molar refractivity (Wildman–Crippen MR) is 91.7 cm³/mol. The number of esters is 1. The maximum atomic E-state index is 12.4. The molecule has 6 heteroatoms. The van der Waals surface area contributed by atoms with E-state index in [-0.39, 0.29) is 35.9 Å². The van der Waals surface area contributed by atoms with Crippen molar-refractivity contribution in [3.63, 3.8) is 0 Å². The first-order valence-electron chi connectivity index (χ1n) is 9.50. The maximum Gasteiger partial charge on any atom is 0.306 e. The number of rotatable bonds is 0. The second-order valence-electron chi connectivity index (χ2n) is 9.32. The van der Waals surface area contributed by atoms with Crippen LogP contribution in [0, 0.1) is 34.5 Å². The molecule has 3 fully saturated rings. The van der Waals surface area contributed by atoms with E-state index in [1.54, 1.807) is 0 Å². The van der Waals surface area contributed by atoms with Gasteiger partial charge in [0.25, 0.3) is 0 Å². The average molecular weight is 364 g/mol. The fourth-order valence-corrected chi connectivity index (χ4v) is 7.04. The number of aliphatic hydroxyl groups excluding tert-OH is 3. The number of carbonyl (C=O) groups is 2. The monoisotopic (exact) mass is 364 g/mol. The highest BCUT2D eigenvalue weighted by Gasteiger charge is 2.72. The molecular formula is C20H28O6. The Bertz CT molecular complexity index is 700. The molecule has 0 aromatic rings. The Hall–Kier alpha value is -1.24. The van der Waals surface area contributed by atoms with Crippen molar-refractivity contribution in [2.45, 2.75) is 65.0 Å². The summed E-state index contributed by atoms with van der Waals surface area (Å²) in [6.45, 7) is 7.56. The third-order valence-corrected chi connectivity index (χ3v) is 8.34. The van der Waals surface area contributed by atoms with E-state index in [0.717, 1.165) is 5.57 Å². The van der Waals surface area contributed by atoms with Gasteiger partial charge >= 0.3 is 5.97 Å². The van der Waals surface area contributed by atoms with Gasteiger partial charge in [-0.15, -0.1) is 0 Å². The number of hydrogen-bond donors (Lipinski definition) is 3. The summed E-state index contributed by atoms with van der Waals surface area (Å²) in [5.74, 6) is -1.80. The van der Waals surface area contributed by atoms with Crippen LogP contribution < -0.4 is 0 Å². The summed E-state index contributed by atoms with van der Waals surface area (Å²) in [5.41, 5.74) is -0.678. The molecular weight excluding hydrogens is 336 g/mol. The largest absolute Gasteiger partial charge is 0.462 e. The van der Waals surface area contributed by atoms with Gasteiger partial charge < -0.3 is 20.1 Å². The van der Waals surface area contributed by atoms with Crippen molar-refractivity contribution < 1.29 is 29.6 Å². The van der Waals surface area contributed by atoms with E-state index in [9.17, 15) is 24.9 Å². The Morgan fingerprint density at radius 1 is 1.12 bits per heavy atom. The molecule has 1 saturated heterocycles. The lowest BCUT2D eigenvalue weighted by Gasteiger charge is -2.68. The van der Waals surface area contributed by atoms with Gasteiger partial charge in [0.2, 0.25) is 0 Å². The zero-order valence-corrected chi connectivity index (χ0v) is 15.7. The van der Waals surface area contributed by atoms with Crippen LogP contribution in [0.25, 0.3) is 0 Å². The fourth-order valence-electron chi connectivity index (χ4n) is 7.04. The molecule has 1 aliphatic heterocycles. The van der Waals surface area contributed by atoms with Gasteiger partial charge in [-0.1, -0.05) is 26.3 Å². The summed E-state index contributed by atoms with van der Waals surface area (Å²) >= 11 is 0. The number of ether oxygens (including phenoxy) is 1. The summed E-state index contributed by atoms with van der Waals surface area (Å²) in [6, 6.07) is 0. The normalized spacial score (nSPS) is 56.2. The van der Waals surface area contributed by atoms with Gasteiger partial charge in [-0.25, -0.2) is 0 Å². The van der Waals surface area contributed by atoms with Gasteiger partial charge in [0.1, 0.15) is 12.2 Å². The topological polar surface area (TPSA) is 104 Å². The second-order valence-corrected chi connectivity index (χ2v) is 9.32. The van der Waals surface area contributed by atoms with E-state index in [1.165, 1.54) is 6.08 Å². The molecule has 4 aliphatic rings. The second kappa shape index (κ2) is 5.40. The molecule has 4 rings (SSSR count). The van der Waals surface area contributed by atoms with Crippen LogP contribution in [-0.4, -0.2) is 51.5 Å². The Labute approximate surface area is 153 Å². The van der Waals surface area contributed by atoms with E-state index in [1.807, 2.05) is 27.7 Å². The minimum atomic E-state index is -1.24. The number of allylic oxidation sites excluding steroid dienone is 1. The Balaban J connectivity index is 1.94. The molecule has 26 heavy (non-hydrogen) atoms. The third-order valence-electron chi connectivity index (χ3n) is 8.34. The SMILES string of the molecule is CC1=CC(=O)C(O)C2(C)C1CC1OC(=O)CC3C(C)C(O)C(O)C2C13C. The van der Waals surface area contributed by atoms with Gasteiger partial charge in [-0.3, -0.25) is 9.59 Å². The van der Waals surface area contributed by atoms with Gasteiger partial charge in [0, 0.05) is 23.2 Å². The van der Waals surface area contributed by atoms with Crippen LogP contribution >= 0.6 is 0 Å². The quantitative estimate of drug-likeness (QED) is 0.550. The first kappa shape index (κ1) is 18.1. The van der Waals surface area contributed by atoms with Crippen molar-refractivity contribution in [1.29, 1.82) is 0 Å². The Morgan fingerprint density at radius 2 is 1.77 bits per heavy atom. The summed E-state index contributed by atoms with van der Waals surface area (Å²) in [4.78, 5) is 24.7. The van der Waals surface area contributed by atoms with E-state index in [0.29, 0.717) is 6.42 Å². The highest BCUT2D eigenvalue weighted by molar-refractivity contribution is 5.96. The van der Waals surface area contributed by atoms with Gasteiger partial charge in [0.15, 0.2) is 5.78 Å². The molecule has 10 unspecified atom stereocenters. The lowest BCUT2D eigenvalue weighted by Crippen LogP contribution is -2.74. The maximum absolute atomic E-state index is 12.4. The van der Waals surface area contributed by atoms with E-state index >= 15 is 0 Å². The molecule has 0 aromatic carbocycles. The minimum absolute atomic E-state index is 0.163. The molecule has 0 bridgehead atoms. The lowest BCUT2D eigenvalue weighted by atomic mass is 9.38. The molecule has 0 spiro atoms. The molecule has 0 aromatic heterocycles. The van der Waals surface area contributed by atoms with Gasteiger partial charge in [-0.2, -0.15) is 0 Å². The van der Waals surface area contributed by atoms with E-state index in [2.05, 4.69) is 0 Å². The molecule has 3 aliphatic carbocycles. The number of hydrogen-bond acceptors (Lipinski definition) is 6. The first-order chi connectivity index (χ1) is 12.0. The summed E-state index contributed by atoms with van der Waals surface area (Å²) < 4.78 is 5.74. The van der Waals surface area contributed by atoms with Crippen LogP contribution in [0.15, 0.2) is 11.6 Å². The molecule has 6 nitrogen and oxygen atoms in total. The number of aliphatic hydroxyl groups is 3. The fraction of sp³-hybridized carbons (Fsp3) is 0.800. The van der Waals surface area contributed by atoms with Crippen molar-refractivity contribution in [2.24, 2.45) is 34.5 Å². The van der Waals surface area contributed by atoms with Crippen LogP contribution in [0.2, 0.25) is 0 Å². The number of ketones is 1. The summed E-state index contributed by atoms with van der Waals surface area (Å²) in [5, 5.41) is 32.7. The minimum Gasteiger partial charge on any atom is -0.462 e. The predicted octanol–water partition coefficient (Wildman–Crippen LogP) is 0.828. The molecule has 0 amide bonds. The van der Waals surface area contributed by atoms with Crippen molar-refractivity contribution in [3.8, 4) is 0 Å². The summed E-state index contributed by atoms with van der Waals surface area (Å²) in [6.07, 6.45) is -1.56. The van der Waals surface area contributed by atoms with Crippen molar-refractivity contribution in [1.82, 2.24) is 0 Å². The highest BCUT2D eigenvalue weighted by Crippen LogP contribution is 2.68. The Kier molecular flexibility index (Phi) is 3.76. The van der Waals surface area contributed by atoms with Crippen molar-refractivity contribution >= 4 is 11.8 Å². The molecule has 10 atom stereocenters. The van der Waals surface area contributed by atoms with Crippen LogP contribution in [0.5, 0.6) is 0 Å². The van der Waals surface area contributed by atoms with Gasteiger partial charge in [0.05, 0.1) is 12.2 Å². The van der Waals surface area contributed by atoms with E-state index < -0.39 is 41.2 Å². The van der Waals surface area contributed by atoms with Crippen LogP contribution in [0.1, 0.15) is 40.5 Å².